The molecule has 1 rings (SSSR count). The van der Waals surface area contributed by atoms with E-state index in [2.05, 4.69) is 11.9 Å². The van der Waals surface area contributed by atoms with E-state index in [4.69, 9.17) is 16.3 Å². The van der Waals surface area contributed by atoms with Crippen LogP contribution in [0.4, 0.5) is 0 Å². The number of rotatable bonds is 6. The van der Waals surface area contributed by atoms with Gasteiger partial charge in [0, 0.05) is 23.0 Å². The lowest BCUT2D eigenvalue weighted by atomic mass is 10.2. The summed E-state index contributed by atoms with van der Waals surface area (Å²) in [6.07, 6.45) is 0. The molecule has 0 spiro atoms. The minimum absolute atomic E-state index is 0.138. The molecule has 0 aromatic carbocycles. The first kappa shape index (κ1) is 14.2. The predicted octanol–water partition coefficient (Wildman–Crippen LogP) is 3.17. The van der Waals surface area contributed by atoms with Gasteiger partial charge in [0.25, 0.3) is 0 Å². The molecule has 0 bridgehead atoms. The van der Waals surface area contributed by atoms with E-state index in [0.717, 1.165) is 9.21 Å². The van der Waals surface area contributed by atoms with Gasteiger partial charge in [-0.2, -0.15) is 0 Å². The molecule has 94 valence electrons. The fourth-order valence-corrected chi connectivity index (χ4v) is 2.33. The highest BCUT2D eigenvalue weighted by Crippen LogP contribution is 2.26. The van der Waals surface area contributed by atoms with E-state index in [-0.39, 0.29) is 12.0 Å². The number of hydrogen-bond donors (Lipinski definition) is 1. The Hall–Kier alpha value is -0.840. The zero-order chi connectivity index (χ0) is 12.8. The lowest BCUT2D eigenvalue weighted by Gasteiger charge is -2.12. The standard InChI is InChI=1S/C12H16ClNO2S/c1-4-16-12(15)8(2)7-14-9(3)10-5-6-11(13)17-10/h5-6,9,14H,2,4,7H2,1,3H3. The number of hydrogen-bond acceptors (Lipinski definition) is 4. The topological polar surface area (TPSA) is 38.3 Å². The van der Waals surface area contributed by atoms with E-state index >= 15 is 0 Å². The number of nitrogens with one attached hydrogen (secondary N) is 1. The highest BCUT2D eigenvalue weighted by Gasteiger charge is 2.11. The van der Waals surface area contributed by atoms with Crippen LogP contribution < -0.4 is 5.32 Å². The lowest BCUT2D eigenvalue weighted by molar-refractivity contribution is -0.138. The fourth-order valence-electron chi connectivity index (χ4n) is 1.24. The molecule has 0 radical (unpaired) electrons. The van der Waals surface area contributed by atoms with Gasteiger partial charge in [0.15, 0.2) is 0 Å². The second kappa shape index (κ2) is 6.79. The van der Waals surface area contributed by atoms with Crippen molar-refractivity contribution in [3.8, 4) is 0 Å². The van der Waals surface area contributed by atoms with E-state index in [1.54, 1.807) is 6.92 Å². The van der Waals surface area contributed by atoms with Crippen molar-refractivity contribution in [2.45, 2.75) is 19.9 Å². The molecule has 0 aliphatic carbocycles. The number of halogens is 1. The van der Waals surface area contributed by atoms with E-state index < -0.39 is 0 Å². The van der Waals surface area contributed by atoms with Crippen molar-refractivity contribution in [1.82, 2.24) is 5.32 Å². The summed E-state index contributed by atoms with van der Waals surface area (Å²) in [4.78, 5) is 12.4. The smallest absolute Gasteiger partial charge is 0.334 e. The van der Waals surface area contributed by atoms with Crippen molar-refractivity contribution in [2.75, 3.05) is 13.2 Å². The van der Waals surface area contributed by atoms with Gasteiger partial charge in [0.2, 0.25) is 0 Å². The Morgan fingerprint density at radius 1 is 1.65 bits per heavy atom. The molecule has 1 atom stereocenters. The van der Waals surface area contributed by atoms with E-state index in [1.807, 2.05) is 19.1 Å². The molecule has 17 heavy (non-hydrogen) atoms. The fraction of sp³-hybridized carbons (Fsp3) is 0.417. The maximum atomic E-state index is 11.3. The van der Waals surface area contributed by atoms with Crippen LogP contribution in [0.5, 0.6) is 0 Å². The molecular formula is C12H16ClNO2S. The van der Waals surface area contributed by atoms with E-state index in [0.29, 0.717) is 18.7 Å². The third-order valence-corrected chi connectivity index (χ3v) is 3.62. The normalized spacial score (nSPS) is 12.2. The summed E-state index contributed by atoms with van der Waals surface area (Å²) in [5, 5.41) is 3.20. The van der Waals surface area contributed by atoms with Gasteiger partial charge in [-0.3, -0.25) is 0 Å². The molecule has 0 fully saturated rings. The second-order valence-electron chi connectivity index (χ2n) is 3.57. The molecule has 1 N–H and O–H groups in total. The molecule has 1 heterocycles. The van der Waals surface area contributed by atoms with Crippen LogP contribution in [0, 0.1) is 0 Å². The quantitative estimate of drug-likeness (QED) is 0.639. The Morgan fingerprint density at radius 3 is 2.88 bits per heavy atom. The third-order valence-electron chi connectivity index (χ3n) is 2.21. The number of esters is 1. The molecule has 0 saturated carbocycles. The first-order chi connectivity index (χ1) is 8.04. The van der Waals surface area contributed by atoms with Gasteiger partial charge in [-0.1, -0.05) is 18.2 Å². The Labute approximate surface area is 110 Å². The molecule has 3 nitrogen and oxygen atoms in total. The minimum Gasteiger partial charge on any atom is -0.463 e. The molecule has 0 amide bonds. The van der Waals surface area contributed by atoms with Crippen molar-refractivity contribution in [3.63, 3.8) is 0 Å². The average Bonchev–Trinajstić information content (AvgIpc) is 2.72. The van der Waals surface area contributed by atoms with Crippen molar-refractivity contribution in [1.29, 1.82) is 0 Å². The molecule has 0 aliphatic heterocycles. The van der Waals surface area contributed by atoms with Crippen LogP contribution in [-0.4, -0.2) is 19.1 Å². The van der Waals surface area contributed by atoms with Gasteiger partial charge >= 0.3 is 5.97 Å². The molecule has 0 saturated heterocycles. The maximum Gasteiger partial charge on any atom is 0.334 e. The van der Waals surface area contributed by atoms with Crippen LogP contribution in [0.25, 0.3) is 0 Å². The third kappa shape index (κ3) is 4.50. The van der Waals surface area contributed by atoms with Gasteiger partial charge in [0.05, 0.1) is 10.9 Å². The Kier molecular flexibility index (Phi) is 5.68. The Balaban J connectivity index is 2.40. The summed E-state index contributed by atoms with van der Waals surface area (Å²) < 4.78 is 5.61. The molecule has 1 aromatic heterocycles. The molecular weight excluding hydrogens is 258 g/mol. The Bertz CT molecular complexity index is 403. The highest BCUT2D eigenvalue weighted by molar-refractivity contribution is 7.16. The Morgan fingerprint density at radius 2 is 2.35 bits per heavy atom. The van der Waals surface area contributed by atoms with Crippen molar-refractivity contribution in [3.05, 3.63) is 33.5 Å². The second-order valence-corrected chi connectivity index (χ2v) is 5.32. The van der Waals surface area contributed by atoms with Crippen molar-refractivity contribution >= 4 is 28.9 Å². The molecule has 1 unspecified atom stereocenters. The SMILES string of the molecule is C=C(CNC(C)c1ccc(Cl)s1)C(=O)OCC. The van der Waals surface area contributed by atoms with Gasteiger partial charge in [-0.25, -0.2) is 4.79 Å². The molecule has 1 aromatic rings. The van der Waals surface area contributed by atoms with Crippen LogP contribution >= 0.6 is 22.9 Å². The van der Waals surface area contributed by atoms with Gasteiger partial charge in [0.1, 0.15) is 0 Å². The largest absolute Gasteiger partial charge is 0.463 e. The highest BCUT2D eigenvalue weighted by atomic mass is 35.5. The molecule has 0 aliphatic rings. The summed E-state index contributed by atoms with van der Waals surface area (Å²) in [7, 11) is 0. The first-order valence-electron chi connectivity index (χ1n) is 5.38. The average molecular weight is 274 g/mol. The number of ether oxygens (including phenoxy) is 1. The van der Waals surface area contributed by atoms with Crippen LogP contribution in [0.15, 0.2) is 24.3 Å². The molecule has 5 heteroatoms. The summed E-state index contributed by atoms with van der Waals surface area (Å²) in [5.74, 6) is -0.351. The van der Waals surface area contributed by atoms with Crippen LogP contribution in [0.3, 0.4) is 0 Å². The summed E-state index contributed by atoms with van der Waals surface area (Å²) in [6.45, 7) is 8.25. The monoisotopic (exact) mass is 273 g/mol. The maximum absolute atomic E-state index is 11.3. The predicted molar refractivity (Wildman–Crippen MR) is 71.5 cm³/mol. The van der Waals surface area contributed by atoms with E-state index in [1.165, 1.54) is 11.3 Å². The summed E-state index contributed by atoms with van der Waals surface area (Å²) in [6, 6.07) is 3.97. The van der Waals surface area contributed by atoms with Gasteiger partial charge < -0.3 is 10.1 Å². The van der Waals surface area contributed by atoms with Crippen LogP contribution in [0.1, 0.15) is 24.8 Å². The number of carbonyl (C=O) groups is 1. The lowest BCUT2D eigenvalue weighted by Crippen LogP contribution is -2.24. The summed E-state index contributed by atoms with van der Waals surface area (Å²) >= 11 is 7.38. The zero-order valence-electron chi connectivity index (χ0n) is 9.96. The van der Waals surface area contributed by atoms with Gasteiger partial charge in [-0.05, 0) is 26.0 Å². The number of carbonyl (C=O) groups excluding carboxylic acids is 1. The zero-order valence-corrected chi connectivity index (χ0v) is 11.5. The van der Waals surface area contributed by atoms with E-state index in [9.17, 15) is 4.79 Å². The minimum atomic E-state index is -0.351. The summed E-state index contributed by atoms with van der Waals surface area (Å²) in [5.41, 5.74) is 0.432. The van der Waals surface area contributed by atoms with Crippen LogP contribution in [0.2, 0.25) is 4.34 Å². The van der Waals surface area contributed by atoms with Crippen LogP contribution in [-0.2, 0) is 9.53 Å². The van der Waals surface area contributed by atoms with Crippen molar-refractivity contribution < 1.29 is 9.53 Å². The van der Waals surface area contributed by atoms with Gasteiger partial charge in [-0.15, -0.1) is 11.3 Å². The number of thiophene rings is 1. The van der Waals surface area contributed by atoms with Crippen molar-refractivity contribution in [2.24, 2.45) is 0 Å². The first-order valence-corrected chi connectivity index (χ1v) is 6.57.